The van der Waals surface area contributed by atoms with Crippen molar-refractivity contribution < 1.29 is 28.1 Å². The van der Waals surface area contributed by atoms with E-state index in [-0.39, 0.29) is 30.2 Å². The van der Waals surface area contributed by atoms with Crippen LogP contribution in [0.2, 0.25) is 0 Å². The third-order valence-electron chi connectivity index (χ3n) is 8.73. The zero-order chi connectivity index (χ0) is 33.8. The third-order valence-corrected chi connectivity index (χ3v) is 10.5. The number of halogens is 1. The second-order valence-corrected chi connectivity index (χ2v) is 15.3. The van der Waals surface area contributed by atoms with Gasteiger partial charge in [0.2, 0.25) is 0 Å². The fraction of sp³-hybridized carbons (Fsp3) is 0.545. The SMILES string of the molecule is COc1ccc(F)cc1[C@H](Cn1c(=O)n(C(C)(C)C(=O)OC(C)(C)C)c(=O)c2c(C)c(-c3ncsn3)sc21)O[C@H]1C[C@H]2CC[C@@H](C1)O2. The maximum Gasteiger partial charge on any atom is 0.333 e. The minimum absolute atomic E-state index is 0.0767. The molecule has 14 heteroatoms. The predicted octanol–water partition coefficient (Wildman–Crippen LogP) is 5.74. The highest BCUT2D eigenvalue weighted by Crippen LogP contribution is 2.40. The van der Waals surface area contributed by atoms with Gasteiger partial charge in [-0.05, 0) is 103 Å². The molecule has 0 unspecified atom stereocenters. The molecule has 2 fully saturated rings. The molecule has 1 aromatic carbocycles. The maximum atomic E-state index is 14.8. The lowest BCUT2D eigenvalue weighted by atomic mass is 10.0. The number of aromatic nitrogens is 4. The quantitative estimate of drug-likeness (QED) is 0.203. The number of aryl methyl sites for hydroxylation is 1. The van der Waals surface area contributed by atoms with Crippen LogP contribution in [0.3, 0.4) is 0 Å². The Bertz CT molecular complexity index is 1910. The monoisotopic (exact) mass is 686 g/mol. The van der Waals surface area contributed by atoms with E-state index in [1.54, 1.807) is 33.2 Å². The van der Waals surface area contributed by atoms with Crippen molar-refractivity contribution >= 4 is 39.1 Å². The van der Waals surface area contributed by atoms with E-state index in [1.165, 1.54) is 66.6 Å². The van der Waals surface area contributed by atoms with E-state index < -0.39 is 40.3 Å². The van der Waals surface area contributed by atoms with Crippen LogP contribution in [-0.4, -0.2) is 55.5 Å². The van der Waals surface area contributed by atoms with Crippen molar-refractivity contribution in [2.75, 3.05) is 7.11 Å². The summed E-state index contributed by atoms with van der Waals surface area (Å²) in [6.07, 6.45) is 2.31. The molecule has 252 valence electrons. The first-order valence-electron chi connectivity index (χ1n) is 15.6. The highest BCUT2D eigenvalue weighted by molar-refractivity contribution is 7.22. The van der Waals surface area contributed by atoms with Gasteiger partial charge < -0.3 is 18.9 Å². The van der Waals surface area contributed by atoms with E-state index >= 15 is 0 Å². The molecule has 6 rings (SSSR count). The van der Waals surface area contributed by atoms with Crippen LogP contribution in [0.4, 0.5) is 4.39 Å². The maximum absolute atomic E-state index is 14.8. The standard InChI is InChI=1S/C33H39FN4O7S2/c1-17-25-28(39)38(33(5,6)30(40)45-32(2,3)4)31(41)37(29(25)47-26(17)27-35-16-46-36-27)15-24(22-12-18(34)8-11-23(22)42-7)44-21-13-19-9-10-20(14-21)43-19/h8,11-12,16,19-21,24H,9-10,13-15H2,1-7H3/t19-,20+,21+,24-/m0/s1. The molecule has 2 aliphatic rings. The average Bonchev–Trinajstić information content (AvgIpc) is 3.72. The Balaban J connectivity index is 1.56. The van der Waals surface area contributed by atoms with Crippen molar-refractivity contribution in [3.05, 3.63) is 61.5 Å². The number of carbonyl (C=O) groups is 1. The topological polar surface area (TPSA) is 124 Å². The first-order valence-corrected chi connectivity index (χ1v) is 17.3. The Morgan fingerprint density at radius 1 is 1.15 bits per heavy atom. The second-order valence-electron chi connectivity index (χ2n) is 13.6. The molecule has 0 saturated carbocycles. The second kappa shape index (κ2) is 12.5. The number of esters is 1. The average molecular weight is 687 g/mol. The fourth-order valence-corrected chi connectivity index (χ4v) is 8.20. The van der Waals surface area contributed by atoms with Crippen LogP contribution in [0.25, 0.3) is 20.9 Å². The van der Waals surface area contributed by atoms with Crippen LogP contribution in [0.5, 0.6) is 5.75 Å². The van der Waals surface area contributed by atoms with Gasteiger partial charge in [0.05, 0.1) is 42.2 Å². The van der Waals surface area contributed by atoms with Crippen molar-refractivity contribution in [3.8, 4) is 16.5 Å². The molecule has 0 spiro atoms. The van der Waals surface area contributed by atoms with Gasteiger partial charge in [-0.2, -0.15) is 4.37 Å². The minimum atomic E-state index is -1.68. The number of rotatable bonds is 9. The van der Waals surface area contributed by atoms with E-state index in [4.69, 9.17) is 18.9 Å². The molecule has 0 aliphatic carbocycles. The molecule has 4 atom stereocenters. The van der Waals surface area contributed by atoms with Gasteiger partial charge in [-0.3, -0.25) is 9.36 Å². The van der Waals surface area contributed by atoms with E-state index in [9.17, 15) is 18.8 Å². The molecule has 11 nitrogen and oxygen atoms in total. The summed E-state index contributed by atoms with van der Waals surface area (Å²) in [5.74, 6) is -0.393. The Morgan fingerprint density at radius 3 is 2.47 bits per heavy atom. The number of ether oxygens (including phenoxy) is 4. The van der Waals surface area contributed by atoms with E-state index in [0.717, 1.165) is 17.4 Å². The van der Waals surface area contributed by atoms with Gasteiger partial charge in [-0.1, -0.05) is 0 Å². The summed E-state index contributed by atoms with van der Waals surface area (Å²) in [5, 5.41) is 0.255. The zero-order valence-corrected chi connectivity index (χ0v) is 29.1. The van der Waals surface area contributed by atoms with Crippen LogP contribution < -0.4 is 16.0 Å². The summed E-state index contributed by atoms with van der Waals surface area (Å²) in [7, 11) is 1.49. The summed E-state index contributed by atoms with van der Waals surface area (Å²) < 4.78 is 45.7. The number of nitrogens with zero attached hydrogens (tertiary/aromatic N) is 4. The molecular formula is C33H39FN4O7S2. The van der Waals surface area contributed by atoms with E-state index in [2.05, 4.69) is 9.36 Å². The molecule has 47 heavy (non-hydrogen) atoms. The minimum Gasteiger partial charge on any atom is -0.496 e. The summed E-state index contributed by atoms with van der Waals surface area (Å²) in [6.45, 7) is 9.82. The molecule has 0 N–H and O–H groups in total. The number of hydrogen-bond acceptors (Lipinski definition) is 11. The van der Waals surface area contributed by atoms with Gasteiger partial charge >= 0.3 is 11.7 Å². The summed E-state index contributed by atoms with van der Waals surface area (Å²) in [4.78, 5) is 47.9. The summed E-state index contributed by atoms with van der Waals surface area (Å²) in [5.41, 5.74) is -1.31. The highest BCUT2D eigenvalue weighted by atomic mass is 32.1. The lowest BCUT2D eigenvalue weighted by molar-refractivity contribution is -0.164. The van der Waals surface area contributed by atoms with Crippen molar-refractivity contribution in [2.24, 2.45) is 0 Å². The molecule has 4 aromatic rings. The fourth-order valence-electron chi connectivity index (χ4n) is 6.47. The number of hydrogen-bond donors (Lipinski definition) is 0. The lowest BCUT2D eigenvalue weighted by Crippen LogP contribution is -2.54. The van der Waals surface area contributed by atoms with Crippen LogP contribution in [0, 0.1) is 12.7 Å². The van der Waals surface area contributed by atoms with Crippen LogP contribution in [-0.2, 0) is 31.1 Å². The predicted molar refractivity (Wildman–Crippen MR) is 177 cm³/mol. The molecular weight excluding hydrogens is 648 g/mol. The first-order chi connectivity index (χ1) is 22.2. The lowest BCUT2D eigenvalue weighted by Gasteiger charge is -2.33. The largest absolute Gasteiger partial charge is 0.496 e. The van der Waals surface area contributed by atoms with Crippen LogP contribution in [0.15, 0.2) is 33.3 Å². The normalized spacial score (nSPS) is 20.5. The molecule has 2 saturated heterocycles. The van der Waals surface area contributed by atoms with Crippen LogP contribution >= 0.6 is 22.9 Å². The van der Waals surface area contributed by atoms with Gasteiger partial charge in [0, 0.05) is 5.56 Å². The van der Waals surface area contributed by atoms with Crippen molar-refractivity contribution in [3.63, 3.8) is 0 Å². The van der Waals surface area contributed by atoms with Crippen molar-refractivity contribution in [1.29, 1.82) is 0 Å². The molecule has 0 amide bonds. The van der Waals surface area contributed by atoms with Gasteiger partial charge in [0.15, 0.2) is 5.82 Å². The number of carbonyl (C=O) groups excluding carboxylic acids is 1. The first kappa shape index (κ1) is 33.4. The smallest absolute Gasteiger partial charge is 0.333 e. The Morgan fingerprint density at radius 2 is 1.85 bits per heavy atom. The third kappa shape index (κ3) is 6.40. The number of thiophene rings is 1. The van der Waals surface area contributed by atoms with E-state index in [1.807, 2.05) is 0 Å². The zero-order valence-electron chi connectivity index (χ0n) is 27.5. The van der Waals surface area contributed by atoms with Crippen molar-refractivity contribution in [2.45, 2.75) is 109 Å². The molecule has 5 heterocycles. The highest BCUT2D eigenvalue weighted by Gasteiger charge is 2.40. The molecule has 0 radical (unpaired) electrons. The number of benzene rings is 1. The molecule has 3 aromatic heterocycles. The van der Waals surface area contributed by atoms with Gasteiger partial charge in [0.1, 0.15) is 39.2 Å². The van der Waals surface area contributed by atoms with Gasteiger partial charge in [-0.25, -0.2) is 23.5 Å². The Hall–Kier alpha value is -3.46. The Kier molecular flexibility index (Phi) is 8.92. The number of methoxy groups -OCH3 is 1. The summed E-state index contributed by atoms with van der Waals surface area (Å²) in [6, 6.07) is 4.18. The van der Waals surface area contributed by atoms with Crippen LogP contribution in [0.1, 0.15) is 77.5 Å². The number of fused-ring (bicyclic) bond motifs is 3. The van der Waals surface area contributed by atoms with E-state index in [0.29, 0.717) is 45.3 Å². The molecule has 2 bridgehead atoms. The van der Waals surface area contributed by atoms with Crippen molar-refractivity contribution in [1.82, 2.24) is 18.5 Å². The summed E-state index contributed by atoms with van der Waals surface area (Å²) >= 11 is 2.39. The van der Waals surface area contributed by atoms with Gasteiger partial charge in [-0.15, -0.1) is 11.3 Å². The molecule has 2 aliphatic heterocycles. The Labute approximate surface area is 279 Å². The van der Waals surface area contributed by atoms with Gasteiger partial charge in [0.25, 0.3) is 5.56 Å².